The zero-order valence-electron chi connectivity index (χ0n) is 16.2. The number of nitrogens with zero attached hydrogens (tertiary/aromatic N) is 5. The van der Waals surface area contributed by atoms with E-state index in [9.17, 15) is 0 Å². The second kappa shape index (κ2) is 8.62. The van der Waals surface area contributed by atoms with Crippen LogP contribution in [0.4, 0.5) is 5.82 Å². The van der Waals surface area contributed by atoms with Gasteiger partial charge in [-0.3, -0.25) is 0 Å². The van der Waals surface area contributed by atoms with Gasteiger partial charge in [-0.05, 0) is 30.7 Å². The lowest BCUT2D eigenvalue weighted by Crippen LogP contribution is -2.49. The molecule has 1 aliphatic heterocycles. The van der Waals surface area contributed by atoms with Gasteiger partial charge in [-0.25, -0.2) is 0 Å². The van der Waals surface area contributed by atoms with Crippen LogP contribution in [0.25, 0.3) is 11.6 Å². The molecule has 1 saturated heterocycles. The van der Waals surface area contributed by atoms with Crippen molar-refractivity contribution in [3.8, 4) is 17.3 Å². The zero-order chi connectivity index (χ0) is 19.2. The Hall–Kier alpha value is -2.96. The lowest BCUT2D eigenvalue weighted by Gasteiger charge is -2.39. The molecule has 1 aliphatic rings. The summed E-state index contributed by atoms with van der Waals surface area (Å²) < 4.78 is 11.3. The molecule has 0 radical (unpaired) electrons. The standard InChI is InChI=1S/C18H19N5O2.C2H6/c1-12-5-3-4-6-16(12)24-11-14-9-23(10-14)17-8-7-15(20-21-17)18-22-19-13(2)25-18;1-2/h3-8,14H,9-11H2,1-2H3;1-2H3. The molecule has 3 aromatic rings. The maximum Gasteiger partial charge on any atom is 0.268 e. The van der Waals surface area contributed by atoms with Crippen molar-refractivity contribution in [3.63, 3.8) is 0 Å². The smallest absolute Gasteiger partial charge is 0.268 e. The van der Waals surface area contributed by atoms with Crippen LogP contribution in [0, 0.1) is 19.8 Å². The minimum atomic E-state index is 0.393. The van der Waals surface area contributed by atoms with E-state index in [0.29, 0.717) is 30.0 Å². The van der Waals surface area contributed by atoms with Crippen LogP contribution in [0.15, 0.2) is 40.8 Å². The van der Waals surface area contributed by atoms with Crippen molar-refractivity contribution >= 4 is 5.82 Å². The topological polar surface area (TPSA) is 77.2 Å². The van der Waals surface area contributed by atoms with Crippen molar-refractivity contribution < 1.29 is 9.15 Å². The monoisotopic (exact) mass is 367 g/mol. The van der Waals surface area contributed by atoms with Gasteiger partial charge in [0.05, 0.1) is 6.61 Å². The Kier molecular flexibility index (Phi) is 6.01. The van der Waals surface area contributed by atoms with Crippen molar-refractivity contribution in [2.75, 3.05) is 24.6 Å². The second-order valence-corrected chi connectivity index (χ2v) is 6.25. The van der Waals surface area contributed by atoms with Gasteiger partial charge in [0.2, 0.25) is 5.89 Å². The van der Waals surface area contributed by atoms with E-state index in [-0.39, 0.29) is 0 Å². The maximum atomic E-state index is 5.91. The molecule has 0 aliphatic carbocycles. The van der Waals surface area contributed by atoms with E-state index < -0.39 is 0 Å². The van der Waals surface area contributed by atoms with Crippen LogP contribution in [0.3, 0.4) is 0 Å². The van der Waals surface area contributed by atoms with E-state index in [2.05, 4.69) is 38.3 Å². The summed E-state index contributed by atoms with van der Waals surface area (Å²) >= 11 is 0. The molecule has 27 heavy (non-hydrogen) atoms. The van der Waals surface area contributed by atoms with Crippen molar-refractivity contribution in [3.05, 3.63) is 47.9 Å². The van der Waals surface area contributed by atoms with Gasteiger partial charge in [0.15, 0.2) is 5.82 Å². The molecule has 0 atom stereocenters. The molecule has 7 nitrogen and oxygen atoms in total. The first kappa shape index (κ1) is 18.8. The minimum absolute atomic E-state index is 0.393. The van der Waals surface area contributed by atoms with Gasteiger partial charge in [0.25, 0.3) is 5.89 Å². The van der Waals surface area contributed by atoms with E-state index in [4.69, 9.17) is 9.15 Å². The molecule has 7 heteroatoms. The normalized spacial score (nSPS) is 13.6. The fraction of sp³-hybridized carbons (Fsp3) is 0.400. The van der Waals surface area contributed by atoms with Gasteiger partial charge < -0.3 is 14.1 Å². The highest BCUT2D eigenvalue weighted by molar-refractivity contribution is 5.50. The van der Waals surface area contributed by atoms with E-state index >= 15 is 0 Å². The molecule has 0 N–H and O–H groups in total. The first-order chi connectivity index (χ1) is 13.2. The lowest BCUT2D eigenvalue weighted by molar-refractivity contribution is 0.219. The molecule has 142 valence electrons. The second-order valence-electron chi connectivity index (χ2n) is 6.25. The maximum absolute atomic E-state index is 5.91. The van der Waals surface area contributed by atoms with Gasteiger partial charge >= 0.3 is 0 Å². The molecule has 1 fully saturated rings. The molecular weight excluding hydrogens is 342 g/mol. The Morgan fingerprint density at radius 2 is 1.78 bits per heavy atom. The number of aromatic nitrogens is 4. The first-order valence-corrected chi connectivity index (χ1v) is 9.26. The average molecular weight is 367 g/mol. The molecule has 0 saturated carbocycles. The number of aryl methyl sites for hydroxylation is 2. The van der Waals surface area contributed by atoms with Gasteiger partial charge in [-0.15, -0.1) is 20.4 Å². The Morgan fingerprint density at radius 3 is 2.41 bits per heavy atom. The summed E-state index contributed by atoms with van der Waals surface area (Å²) in [5, 5.41) is 16.2. The third kappa shape index (κ3) is 4.42. The Balaban J connectivity index is 0.00000102. The predicted octanol–water partition coefficient (Wildman–Crippen LogP) is 3.68. The molecule has 4 rings (SSSR count). The van der Waals surface area contributed by atoms with Crippen LogP contribution in [0.5, 0.6) is 5.75 Å². The third-order valence-electron chi connectivity index (χ3n) is 4.24. The fourth-order valence-corrected chi connectivity index (χ4v) is 2.80. The van der Waals surface area contributed by atoms with Crippen molar-refractivity contribution in [1.82, 2.24) is 20.4 Å². The average Bonchev–Trinajstić information content (AvgIpc) is 3.10. The summed E-state index contributed by atoms with van der Waals surface area (Å²) in [6.07, 6.45) is 0. The van der Waals surface area contributed by atoms with Gasteiger partial charge in [-0.2, -0.15) is 0 Å². The first-order valence-electron chi connectivity index (χ1n) is 9.26. The minimum Gasteiger partial charge on any atom is -0.493 e. The Labute approximate surface area is 159 Å². The van der Waals surface area contributed by atoms with Crippen molar-refractivity contribution in [2.24, 2.45) is 5.92 Å². The predicted molar refractivity (Wildman–Crippen MR) is 104 cm³/mol. The van der Waals surface area contributed by atoms with Crippen molar-refractivity contribution in [1.29, 1.82) is 0 Å². The summed E-state index contributed by atoms with van der Waals surface area (Å²) in [6.45, 7) is 10.4. The van der Waals surface area contributed by atoms with E-state index in [1.54, 1.807) is 6.92 Å². The summed E-state index contributed by atoms with van der Waals surface area (Å²) in [6, 6.07) is 11.9. The molecule has 0 unspecified atom stereocenters. The molecule has 3 heterocycles. The Bertz CT molecular complexity index is 857. The number of para-hydroxylation sites is 1. The molecule has 1 aromatic carbocycles. The molecule has 0 amide bonds. The number of rotatable bonds is 5. The number of ether oxygens (including phenoxy) is 1. The van der Waals surface area contributed by atoms with Crippen LogP contribution in [0.2, 0.25) is 0 Å². The van der Waals surface area contributed by atoms with Gasteiger partial charge in [-0.1, -0.05) is 32.0 Å². The van der Waals surface area contributed by atoms with Crippen LogP contribution < -0.4 is 9.64 Å². The molecular formula is C20H25N5O2. The Morgan fingerprint density at radius 1 is 1.00 bits per heavy atom. The quantitative estimate of drug-likeness (QED) is 0.680. The van der Waals surface area contributed by atoms with Crippen LogP contribution >= 0.6 is 0 Å². The molecule has 0 bridgehead atoms. The summed E-state index contributed by atoms with van der Waals surface area (Å²) in [5.41, 5.74) is 1.75. The summed E-state index contributed by atoms with van der Waals surface area (Å²) in [5.74, 6) is 3.22. The highest BCUT2D eigenvalue weighted by Gasteiger charge is 2.28. The number of anilines is 1. The highest BCUT2D eigenvalue weighted by Crippen LogP contribution is 2.25. The SMILES string of the molecule is CC.Cc1nnc(-c2ccc(N3CC(COc4ccccc4C)C3)nn2)o1. The van der Waals surface area contributed by atoms with Crippen LogP contribution in [-0.4, -0.2) is 40.1 Å². The number of hydrogen-bond acceptors (Lipinski definition) is 7. The molecule has 0 spiro atoms. The number of benzene rings is 1. The van der Waals surface area contributed by atoms with Crippen LogP contribution in [0.1, 0.15) is 25.3 Å². The highest BCUT2D eigenvalue weighted by atomic mass is 16.5. The van der Waals surface area contributed by atoms with E-state index in [0.717, 1.165) is 30.2 Å². The summed E-state index contributed by atoms with van der Waals surface area (Å²) in [4.78, 5) is 2.18. The fourth-order valence-electron chi connectivity index (χ4n) is 2.80. The van der Waals surface area contributed by atoms with Crippen LogP contribution in [-0.2, 0) is 0 Å². The number of hydrogen-bond donors (Lipinski definition) is 0. The van der Waals surface area contributed by atoms with E-state index in [1.165, 1.54) is 0 Å². The summed E-state index contributed by atoms with van der Waals surface area (Å²) in [7, 11) is 0. The third-order valence-corrected chi connectivity index (χ3v) is 4.24. The zero-order valence-corrected chi connectivity index (χ0v) is 16.2. The van der Waals surface area contributed by atoms with E-state index in [1.807, 2.05) is 44.2 Å². The van der Waals surface area contributed by atoms with Gasteiger partial charge in [0.1, 0.15) is 11.4 Å². The molecule has 2 aromatic heterocycles. The van der Waals surface area contributed by atoms with Gasteiger partial charge in [0, 0.05) is 25.9 Å². The lowest BCUT2D eigenvalue weighted by atomic mass is 10.0. The van der Waals surface area contributed by atoms with Crippen molar-refractivity contribution in [2.45, 2.75) is 27.7 Å². The largest absolute Gasteiger partial charge is 0.493 e.